The lowest BCUT2D eigenvalue weighted by Gasteiger charge is -2.26. The summed E-state index contributed by atoms with van der Waals surface area (Å²) in [5.74, 6) is 0. The van der Waals surface area contributed by atoms with Crippen LogP contribution in [-0.2, 0) is 9.47 Å². The highest BCUT2D eigenvalue weighted by Crippen LogP contribution is 2.21. The number of ether oxygens (including phenoxy) is 2. The minimum atomic E-state index is -0.205. The van der Waals surface area contributed by atoms with Crippen LogP contribution in [0.2, 0.25) is 0 Å². The zero-order valence-electron chi connectivity index (χ0n) is 10.8. The molecule has 17 heavy (non-hydrogen) atoms. The van der Waals surface area contributed by atoms with Crippen LogP contribution in [0.25, 0.3) is 0 Å². The molecule has 0 saturated carbocycles. The minimum Gasteiger partial charge on any atom is -0.393 e. The van der Waals surface area contributed by atoms with Gasteiger partial charge in [-0.3, -0.25) is 0 Å². The summed E-state index contributed by atoms with van der Waals surface area (Å²) in [4.78, 5) is 0. The van der Waals surface area contributed by atoms with Crippen LogP contribution in [0.1, 0.15) is 57.8 Å². The van der Waals surface area contributed by atoms with Crippen LogP contribution >= 0.6 is 0 Å². The second-order valence-corrected chi connectivity index (χ2v) is 5.44. The SMILES string of the molecule is OC(CCC1CCCCO1)CC1CCCCO1. The second-order valence-electron chi connectivity index (χ2n) is 5.44. The van der Waals surface area contributed by atoms with Gasteiger partial charge in [0.15, 0.2) is 0 Å². The predicted octanol–water partition coefficient (Wildman–Crippen LogP) is 2.66. The highest BCUT2D eigenvalue weighted by Gasteiger charge is 2.20. The third-order valence-electron chi connectivity index (χ3n) is 3.90. The van der Waals surface area contributed by atoms with Gasteiger partial charge in [-0.15, -0.1) is 0 Å². The van der Waals surface area contributed by atoms with E-state index in [0.717, 1.165) is 38.9 Å². The molecule has 0 aromatic carbocycles. The van der Waals surface area contributed by atoms with E-state index in [-0.39, 0.29) is 6.10 Å². The monoisotopic (exact) mass is 242 g/mol. The molecule has 3 heteroatoms. The number of hydrogen-bond acceptors (Lipinski definition) is 3. The second kappa shape index (κ2) is 7.34. The maximum absolute atomic E-state index is 10.00. The average Bonchev–Trinajstić information content (AvgIpc) is 2.39. The van der Waals surface area contributed by atoms with Gasteiger partial charge < -0.3 is 14.6 Å². The number of aliphatic hydroxyl groups is 1. The van der Waals surface area contributed by atoms with Crippen molar-refractivity contribution in [1.29, 1.82) is 0 Å². The van der Waals surface area contributed by atoms with E-state index in [4.69, 9.17) is 9.47 Å². The van der Waals surface area contributed by atoms with Crippen molar-refractivity contribution in [2.45, 2.75) is 76.1 Å². The quantitative estimate of drug-likeness (QED) is 0.805. The number of rotatable bonds is 5. The van der Waals surface area contributed by atoms with Crippen molar-refractivity contribution in [3.8, 4) is 0 Å². The standard InChI is InChI=1S/C14H26O3/c15-12(11-14-6-2-4-10-17-14)7-8-13-5-1-3-9-16-13/h12-15H,1-11H2. The van der Waals surface area contributed by atoms with Crippen LogP contribution in [0.15, 0.2) is 0 Å². The first kappa shape index (κ1) is 13.3. The molecular weight excluding hydrogens is 216 g/mol. The van der Waals surface area contributed by atoms with Gasteiger partial charge in [0.25, 0.3) is 0 Å². The Morgan fingerprint density at radius 1 is 0.941 bits per heavy atom. The molecule has 2 rings (SSSR count). The Bertz CT molecular complexity index is 196. The summed E-state index contributed by atoms with van der Waals surface area (Å²) in [6.07, 6.45) is 10.4. The van der Waals surface area contributed by atoms with Crippen LogP contribution < -0.4 is 0 Å². The van der Waals surface area contributed by atoms with E-state index in [9.17, 15) is 5.11 Å². The predicted molar refractivity (Wildman–Crippen MR) is 67.0 cm³/mol. The van der Waals surface area contributed by atoms with E-state index in [1.54, 1.807) is 0 Å². The van der Waals surface area contributed by atoms with Crippen LogP contribution in [0.4, 0.5) is 0 Å². The van der Waals surface area contributed by atoms with Crippen molar-refractivity contribution in [2.75, 3.05) is 13.2 Å². The van der Waals surface area contributed by atoms with Crippen molar-refractivity contribution in [3.05, 3.63) is 0 Å². The molecule has 0 aromatic rings. The summed E-state index contributed by atoms with van der Waals surface area (Å²) in [5.41, 5.74) is 0. The Morgan fingerprint density at radius 3 is 2.18 bits per heavy atom. The molecule has 0 spiro atoms. The van der Waals surface area contributed by atoms with Gasteiger partial charge in [0.1, 0.15) is 0 Å². The Balaban J connectivity index is 1.57. The lowest BCUT2D eigenvalue weighted by molar-refractivity contribution is -0.0267. The molecule has 0 radical (unpaired) electrons. The fourth-order valence-corrected chi connectivity index (χ4v) is 2.83. The molecule has 100 valence electrons. The zero-order valence-corrected chi connectivity index (χ0v) is 10.8. The van der Waals surface area contributed by atoms with Gasteiger partial charge in [-0.2, -0.15) is 0 Å². The molecule has 2 fully saturated rings. The van der Waals surface area contributed by atoms with Gasteiger partial charge in [-0.05, 0) is 57.8 Å². The summed E-state index contributed by atoms with van der Waals surface area (Å²) in [5, 5.41) is 10.00. The maximum Gasteiger partial charge on any atom is 0.0599 e. The van der Waals surface area contributed by atoms with Gasteiger partial charge in [-0.25, -0.2) is 0 Å². The van der Waals surface area contributed by atoms with Crippen molar-refractivity contribution >= 4 is 0 Å². The third-order valence-corrected chi connectivity index (χ3v) is 3.90. The Hall–Kier alpha value is -0.120. The van der Waals surface area contributed by atoms with E-state index in [1.165, 1.54) is 32.1 Å². The van der Waals surface area contributed by atoms with Crippen molar-refractivity contribution < 1.29 is 14.6 Å². The summed E-state index contributed by atoms with van der Waals surface area (Å²) >= 11 is 0. The van der Waals surface area contributed by atoms with Gasteiger partial charge in [0.2, 0.25) is 0 Å². The molecular formula is C14H26O3. The molecule has 3 unspecified atom stereocenters. The first-order valence-electron chi connectivity index (χ1n) is 7.26. The normalized spacial score (nSPS) is 32.3. The van der Waals surface area contributed by atoms with E-state index < -0.39 is 0 Å². The number of aliphatic hydroxyl groups excluding tert-OH is 1. The largest absolute Gasteiger partial charge is 0.393 e. The number of hydrogen-bond donors (Lipinski definition) is 1. The third kappa shape index (κ3) is 4.94. The highest BCUT2D eigenvalue weighted by atomic mass is 16.5. The summed E-state index contributed by atoms with van der Waals surface area (Å²) in [7, 11) is 0. The summed E-state index contributed by atoms with van der Waals surface area (Å²) < 4.78 is 11.3. The molecule has 2 heterocycles. The summed E-state index contributed by atoms with van der Waals surface area (Å²) in [6, 6.07) is 0. The van der Waals surface area contributed by atoms with Crippen LogP contribution in [0.5, 0.6) is 0 Å². The molecule has 0 bridgehead atoms. The average molecular weight is 242 g/mol. The fourth-order valence-electron chi connectivity index (χ4n) is 2.83. The molecule has 3 nitrogen and oxygen atoms in total. The van der Waals surface area contributed by atoms with Crippen molar-refractivity contribution in [3.63, 3.8) is 0 Å². The van der Waals surface area contributed by atoms with Crippen LogP contribution in [0.3, 0.4) is 0 Å². The molecule has 2 aliphatic rings. The topological polar surface area (TPSA) is 38.7 Å². The van der Waals surface area contributed by atoms with Crippen molar-refractivity contribution in [1.82, 2.24) is 0 Å². The Labute approximate surface area is 104 Å². The molecule has 0 amide bonds. The smallest absolute Gasteiger partial charge is 0.0599 e. The van der Waals surface area contributed by atoms with Gasteiger partial charge in [0, 0.05) is 13.2 Å². The Kier molecular flexibility index (Phi) is 5.75. The van der Waals surface area contributed by atoms with E-state index in [1.807, 2.05) is 0 Å². The molecule has 2 aliphatic heterocycles. The van der Waals surface area contributed by atoms with E-state index in [0.29, 0.717) is 12.2 Å². The lowest BCUT2D eigenvalue weighted by atomic mass is 9.98. The Morgan fingerprint density at radius 2 is 1.59 bits per heavy atom. The lowest BCUT2D eigenvalue weighted by Crippen LogP contribution is -2.26. The van der Waals surface area contributed by atoms with Gasteiger partial charge in [-0.1, -0.05) is 0 Å². The summed E-state index contributed by atoms with van der Waals surface area (Å²) in [6.45, 7) is 1.79. The maximum atomic E-state index is 10.00. The van der Waals surface area contributed by atoms with Crippen LogP contribution in [0, 0.1) is 0 Å². The minimum absolute atomic E-state index is 0.205. The van der Waals surface area contributed by atoms with E-state index in [2.05, 4.69) is 0 Å². The molecule has 3 atom stereocenters. The van der Waals surface area contributed by atoms with E-state index >= 15 is 0 Å². The van der Waals surface area contributed by atoms with Gasteiger partial charge >= 0.3 is 0 Å². The first-order chi connectivity index (χ1) is 8.34. The van der Waals surface area contributed by atoms with Crippen molar-refractivity contribution in [2.24, 2.45) is 0 Å². The molecule has 2 saturated heterocycles. The molecule has 1 N–H and O–H groups in total. The zero-order chi connectivity index (χ0) is 11.9. The molecule has 0 aliphatic carbocycles. The molecule has 0 aromatic heterocycles. The van der Waals surface area contributed by atoms with Crippen LogP contribution in [-0.4, -0.2) is 36.6 Å². The highest BCUT2D eigenvalue weighted by molar-refractivity contribution is 4.71. The van der Waals surface area contributed by atoms with Gasteiger partial charge in [0.05, 0.1) is 18.3 Å². The fraction of sp³-hybridized carbons (Fsp3) is 1.00. The first-order valence-corrected chi connectivity index (χ1v) is 7.26.